The number of hydrogen-bond acceptors (Lipinski definition) is 4. The van der Waals surface area contributed by atoms with E-state index < -0.39 is 0 Å². The Morgan fingerprint density at radius 3 is 3.06 bits per heavy atom. The number of carbonyl (C=O) groups excluding carboxylic acids is 1. The normalized spacial score (nSPS) is 12.4. The van der Waals surface area contributed by atoms with E-state index in [-0.39, 0.29) is 18.6 Å². The van der Waals surface area contributed by atoms with E-state index in [2.05, 4.69) is 17.2 Å². The molecule has 0 aromatic carbocycles. The highest BCUT2D eigenvalue weighted by Crippen LogP contribution is 2.14. The Morgan fingerprint density at radius 2 is 2.41 bits per heavy atom. The molecule has 1 rings (SSSR count). The van der Waals surface area contributed by atoms with E-state index in [0.29, 0.717) is 11.3 Å². The average molecular weight is 256 g/mol. The van der Waals surface area contributed by atoms with Crippen molar-refractivity contribution in [1.82, 2.24) is 10.3 Å². The zero-order chi connectivity index (χ0) is 12.7. The molecule has 1 aromatic heterocycles. The number of aliphatic hydroxyl groups is 1. The summed E-state index contributed by atoms with van der Waals surface area (Å²) < 4.78 is 0. The highest BCUT2D eigenvalue weighted by Gasteiger charge is 2.12. The highest BCUT2D eigenvalue weighted by atomic mass is 32.1. The third-order valence-corrected chi connectivity index (χ3v) is 3.47. The average Bonchev–Trinajstić information content (AvgIpc) is 2.75. The lowest BCUT2D eigenvalue weighted by molar-refractivity contribution is 0.0940. The molecule has 1 aromatic rings. The Balaban J connectivity index is 2.45. The van der Waals surface area contributed by atoms with Crippen LogP contribution in [0.1, 0.15) is 47.8 Å². The second-order valence-corrected chi connectivity index (χ2v) is 5.22. The van der Waals surface area contributed by atoms with Crippen LogP contribution in [0.4, 0.5) is 0 Å². The first-order valence-corrected chi connectivity index (χ1v) is 6.85. The summed E-state index contributed by atoms with van der Waals surface area (Å²) in [5.41, 5.74) is 0. The first kappa shape index (κ1) is 14.1. The molecule has 2 N–H and O–H groups in total. The molecule has 0 saturated carbocycles. The SMILES string of the molecule is CCCc1ncc(C(=O)NC(C)CCCO)s1. The fourth-order valence-corrected chi connectivity index (χ4v) is 2.43. The van der Waals surface area contributed by atoms with Crippen molar-refractivity contribution in [1.29, 1.82) is 0 Å². The van der Waals surface area contributed by atoms with Crippen molar-refractivity contribution in [2.45, 2.75) is 45.6 Å². The van der Waals surface area contributed by atoms with Crippen LogP contribution in [0.15, 0.2) is 6.20 Å². The van der Waals surface area contributed by atoms with Crippen molar-refractivity contribution < 1.29 is 9.90 Å². The fraction of sp³-hybridized carbons (Fsp3) is 0.667. The van der Waals surface area contributed by atoms with E-state index in [1.54, 1.807) is 6.20 Å². The number of aliphatic hydroxyl groups excluding tert-OH is 1. The Kier molecular flexibility index (Phi) is 6.15. The molecule has 0 aliphatic rings. The molecule has 5 heteroatoms. The van der Waals surface area contributed by atoms with E-state index in [1.165, 1.54) is 11.3 Å². The number of aromatic nitrogens is 1. The molecule has 0 radical (unpaired) electrons. The van der Waals surface area contributed by atoms with Gasteiger partial charge in [0.25, 0.3) is 5.91 Å². The first-order valence-electron chi connectivity index (χ1n) is 6.03. The highest BCUT2D eigenvalue weighted by molar-refractivity contribution is 7.13. The van der Waals surface area contributed by atoms with Gasteiger partial charge in [-0.2, -0.15) is 0 Å². The van der Waals surface area contributed by atoms with Gasteiger partial charge in [0.15, 0.2) is 0 Å². The number of carbonyl (C=O) groups is 1. The molecule has 96 valence electrons. The summed E-state index contributed by atoms with van der Waals surface area (Å²) in [4.78, 5) is 16.7. The number of nitrogens with zero attached hydrogens (tertiary/aromatic N) is 1. The Hall–Kier alpha value is -0.940. The summed E-state index contributed by atoms with van der Waals surface area (Å²) in [6, 6.07) is 0.0892. The molecule has 1 amide bonds. The molecule has 0 fully saturated rings. The monoisotopic (exact) mass is 256 g/mol. The van der Waals surface area contributed by atoms with Gasteiger partial charge in [0.05, 0.1) is 11.2 Å². The van der Waals surface area contributed by atoms with Crippen molar-refractivity contribution in [3.05, 3.63) is 16.1 Å². The summed E-state index contributed by atoms with van der Waals surface area (Å²) in [7, 11) is 0. The van der Waals surface area contributed by atoms with E-state index in [4.69, 9.17) is 5.11 Å². The van der Waals surface area contributed by atoms with Crippen LogP contribution in [0.3, 0.4) is 0 Å². The van der Waals surface area contributed by atoms with Gasteiger partial charge >= 0.3 is 0 Å². The van der Waals surface area contributed by atoms with Gasteiger partial charge in [-0.3, -0.25) is 4.79 Å². The lowest BCUT2D eigenvalue weighted by Crippen LogP contribution is -2.32. The van der Waals surface area contributed by atoms with Crippen LogP contribution in [0.25, 0.3) is 0 Å². The van der Waals surface area contributed by atoms with Gasteiger partial charge in [0, 0.05) is 12.6 Å². The van der Waals surface area contributed by atoms with Crippen LogP contribution in [0.5, 0.6) is 0 Å². The number of aryl methyl sites for hydroxylation is 1. The minimum Gasteiger partial charge on any atom is -0.396 e. The summed E-state index contributed by atoms with van der Waals surface area (Å²) in [6.45, 7) is 4.21. The lowest BCUT2D eigenvalue weighted by Gasteiger charge is -2.11. The van der Waals surface area contributed by atoms with E-state index in [1.807, 2.05) is 6.92 Å². The Bertz CT molecular complexity index is 352. The molecule has 0 bridgehead atoms. The van der Waals surface area contributed by atoms with Crippen LogP contribution in [-0.2, 0) is 6.42 Å². The van der Waals surface area contributed by atoms with Crippen molar-refractivity contribution in [3.63, 3.8) is 0 Å². The molecule has 0 aliphatic carbocycles. The number of hydrogen-bond donors (Lipinski definition) is 2. The quantitative estimate of drug-likeness (QED) is 0.784. The number of nitrogens with one attached hydrogen (secondary N) is 1. The third-order valence-electron chi connectivity index (χ3n) is 2.41. The van der Waals surface area contributed by atoms with Crippen LogP contribution in [0.2, 0.25) is 0 Å². The van der Waals surface area contributed by atoms with Crippen LogP contribution in [-0.4, -0.2) is 28.6 Å². The summed E-state index contributed by atoms with van der Waals surface area (Å²) in [6.07, 6.45) is 5.12. The minimum absolute atomic E-state index is 0.0599. The number of thiazole rings is 1. The molecule has 0 saturated heterocycles. The standard InChI is InChI=1S/C12H20N2O2S/c1-3-5-11-13-8-10(17-11)12(16)14-9(2)6-4-7-15/h8-9,15H,3-7H2,1-2H3,(H,14,16). The van der Waals surface area contributed by atoms with Crippen molar-refractivity contribution in [3.8, 4) is 0 Å². The molecular weight excluding hydrogens is 236 g/mol. The van der Waals surface area contributed by atoms with Crippen LogP contribution >= 0.6 is 11.3 Å². The van der Waals surface area contributed by atoms with Crippen molar-refractivity contribution in [2.75, 3.05) is 6.61 Å². The van der Waals surface area contributed by atoms with Gasteiger partial charge in [0.2, 0.25) is 0 Å². The second kappa shape index (κ2) is 7.40. The predicted molar refractivity (Wildman–Crippen MR) is 69.4 cm³/mol. The topological polar surface area (TPSA) is 62.2 Å². The van der Waals surface area contributed by atoms with Crippen LogP contribution < -0.4 is 5.32 Å². The zero-order valence-electron chi connectivity index (χ0n) is 10.4. The first-order chi connectivity index (χ1) is 8.17. The van der Waals surface area contributed by atoms with Gasteiger partial charge in [-0.05, 0) is 32.6 Å². The molecule has 0 aliphatic heterocycles. The third kappa shape index (κ3) is 4.83. The van der Waals surface area contributed by atoms with Gasteiger partial charge in [-0.15, -0.1) is 11.3 Å². The number of amides is 1. The lowest BCUT2D eigenvalue weighted by atomic mass is 10.2. The summed E-state index contributed by atoms with van der Waals surface area (Å²) >= 11 is 1.46. The molecular formula is C12H20N2O2S. The van der Waals surface area contributed by atoms with Gasteiger partial charge in [-0.1, -0.05) is 6.92 Å². The van der Waals surface area contributed by atoms with E-state index >= 15 is 0 Å². The van der Waals surface area contributed by atoms with Crippen molar-refractivity contribution >= 4 is 17.2 Å². The summed E-state index contributed by atoms with van der Waals surface area (Å²) in [5.74, 6) is -0.0599. The fourth-order valence-electron chi connectivity index (χ4n) is 1.51. The minimum atomic E-state index is -0.0599. The molecule has 1 heterocycles. The maximum atomic E-state index is 11.8. The largest absolute Gasteiger partial charge is 0.396 e. The van der Waals surface area contributed by atoms with Gasteiger partial charge < -0.3 is 10.4 Å². The molecule has 1 atom stereocenters. The Labute approximate surface area is 106 Å². The predicted octanol–water partition coefficient (Wildman–Crippen LogP) is 1.99. The van der Waals surface area contributed by atoms with Gasteiger partial charge in [0.1, 0.15) is 4.88 Å². The Morgan fingerprint density at radius 1 is 1.65 bits per heavy atom. The van der Waals surface area contributed by atoms with E-state index in [9.17, 15) is 4.79 Å². The zero-order valence-corrected chi connectivity index (χ0v) is 11.2. The van der Waals surface area contributed by atoms with E-state index in [0.717, 1.165) is 24.3 Å². The van der Waals surface area contributed by atoms with Crippen LogP contribution in [0, 0.1) is 0 Å². The second-order valence-electron chi connectivity index (χ2n) is 4.11. The molecule has 0 spiro atoms. The number of rotatable bonds is 7. The maximum absolute atomic E-state index is 11.8. The van der Waals surface area contributed by atoms with Gasteiger partial charge in [-0.25, -0.2) is 4.98 Å². The smallest absolute Gasteiger partial charge is 0.263 e. The van der Waals surface area contributed by atoms with Crippen molar-refractivity contribution in [2.24, 2.45) is 0 Å². The molecule has 17 heavy (non-hydrogen) atoms. The maximum Gasteiger partial charge on any atom is 0.263 e. The molecule has 4 nitrogen and oxygen atoms in total. The summed E-state index contributed by atoms with van der Waals surface area (Å²) in [5, 5.41) is 12.6. The molecule has 1 unspecified atom stereocenters.